The lowest BCUT2D eigenvalue weighted by Crippen LogP contribution is -2.41. The Kier molecular flexibility index (Phi) is 5.69. The van der Waals surface area contributed by atoms with Gasteiger partial charge in [0.1, 0.15) is 4.99 Å². The van der Waals surface area contributed by atoms with Gasteiger partial charge in [0.15, 0.2) is 0 Å². The zero-order valence-corrected chi connectivity index (χ0v) is 13.5. The molecule has 1 aliphatic rings. The molecule has 0 aliphatic carbocycles. The summed E-state index contributed by atoms with van der Waals surface area (Å²) in [6, 6.07) is 6.62. The number of thiocarbonyl (C=S) groups is 1. The summed E-state index contributed by atoms with van der Waals surface area (Å²) in [5, 5.41) is 9.28. The SMILES string of the molecule is CSc1cccc(N2CCCCC2CCO)c1C(N)=S. The number of nitrogens with zero attached hydrogens (tertiary/aromatic N) is 1. The van der Waals surface area contributed by atoms with Gasteiger partial charge in [0, 0.05) is 35.3 Å². The van der Waals surface area contributed by atoms with Gasteiger partial charge in [-0.25, -0.2) is 0 Å². The minimum atomic E-state index is 0.228. The number of rotatable bonds is 5. The standard InChI is InChI=1S/C15H22N2OS2/c1-20-13-7-4-6-12(14(13)15(16)19)17-9-3-2-5-11(17)8-10-18/h4,6-7,11,18H,2-3,5,8-10H2,1H3,(H2,16,19). The Hall–Kier alpha value is -0.780. The molecule has 1 atom stereocenters. The van der Waals surface area contributed by atoms with E-state index in [4.69, 9.17) is 18.0 Å². The van der Waals surface area contributed by atoms with Crippen LogP contribution in [0.3, 0.4) is 0 Å². The predicted octanol–water partition coefficient (Wildman–Crippen LogP) is 2.78. The topological polar surface area (TPSA) is 49.5 Å². The van der Waals surface area contributed by atoms with Gasteiger partial charge in [0.2, 0.25) is 0 Å². The molecule has 1 saturated heterocycles. The van der Waals surface area contributed by atoms with Crippen molar-refractivity contribution < 1.29 is 5.11 Å². The molecule has 1 unspecified atom stereocenters. The highest BCUT2D eigenvalue weighted by atomic mass is 32.2. The van der Waals surface area contributed by atoms with Crippen LogP contribution in [0.15, 0.2) is 23.1 Å². The second-order valence-electron chi connectivity index (χ2n) is 5.07. The van der Waals surface area contributed by atoms with E-state index >= 15 is 0 Å². The van der Waals surface area contributed by atoms with Gasteiger partial charge in [-0.05, 0) is 44.1 Å². The van der Waals surface area contributed by atoms with Crippen molar-refractivity contribution in [1.82, 2.24) is 0 Å². The average Bonchev–Trinajstić information content (AvgIpc) is 2.47. The lowest BCUT2D eigenvalue weighted by Gasteiger charge is -2.38. The molecule has 0 spiro atoms. The van der Waals surface area contributed by atoms with Crippen molar-refractivity contribution in [2.75, 3.05) is 24.3 Å². The summed E-state index contributed by atoms with van der Waals surface area (Å²) in [5.41, 5.74) is 8.07. The maximum atomic E-state index is 9.28. The van der Waals surface area contributed by atoms with E-state index in [0.717, 1.165) is 35.5 Å². The smallest absolute Gasteiger partial charge is 0.107 e. The largest absolute Gasteiger partial charge is 0.396 e. The van der Waals surface area contributed by atoms with E-state index in [1.165, 1.54) is 12.8 Å². The maximum Gasteiger partial charge on any atom is 0.107 e. The normalized spacial score (nSPS) is 19.1. The number of aliphatic hydroxyl groups excluding tert-OH is 1. The van der Waals surface area contributed by atoms with Crippen LogP contribution in [-0.2, 0) is 0 Å². The molecule has 5 heteroatoms. The molecule has 0 aromatic heterocycles. The summed E-state index contributed by atoms with van der Waals surface area (Å²) in [7, 11) is 0. The van der Waals surface area contributed by atoms with Crippen LogP contribution < -0.4 is 10.6 Å². The summed E-state index contributed by atoms with van der Waals surface area (Å²) in [5.74, 6) is 0. The van der Waals surface area contributed by atoms with Crippen LogP contribution in [0, 0.1) is 0 Å². The Morgan fingerprint density at radius 2 is 2.30 bits per heavy atom. The highest BCUT2D eigenvalue weighted by Gasteiger charge is 2.25. The Morgan fingerprint density at radius 3 is 2.95 bits per heavy atom. The van der Waals surface area contributed by atoms with Crippen LogP contribution in [0.25, 0.3) is 0 Å². The van der Waals surface area contributed by atoms with Crippen molar-refractivity contribution in [2.24, 2.45) is 5.73 Å². The number of hydrogen-bond acceptors (Lipinski definition) is 4. The van der Waals surface area contributed by atoms with E-state index in [-0.39, 0.29) is 6.61 Å². The second-order valence-corrected chi connectivity index (χ2v) is 6.36. The molecule has 20 heavy (non-hydrogen) atoms. The first kappa shape index (κ1) is 15.6. The first-order valence-corrected chi connectivity index (χ1v) is 8.66. The van der Waals surface area contributed by atoms with Crippen molar-refractivity contribution >= 4 is 34.7 Å². The van der Waals surface area contributed by atoms with Crippen LogP contribution >= 0.6 is 24.0 Å². The highest BCUT2D eigenvalue weighted by Crippen LogP contribution is 2.34. The number of piperidine rings is 1. The Balaban J connectivity index is 2.41. The molecule has 1 aromatic carbocycles. The van der Waals surface area contributed by atoms with Gasteiger partial charge in [-0.3, -0.25) is 0 Å². The van der Waals surface area contributed by atoms with E-state index in [2.05, 4.69) is 23.1 Å². The molecule has 3 N–H and O–H groups in total. The maximum absolute atomic E-state index is 9.28. The number of anilines is 1. The molecular weight excluding hydrogens is 288 g/mol. The molecule has 1 aromatic rings. The van der Waals surface area contributed by atoms with Crippen molar-refractivity contribution in [3.05, 3.63) is 23.8 Å². The molecule has 0 radical (unpaired) electrons. The van der Waals surface area contributed by atoms with E-state index < -0.39 is 0 Å². The molecule has 1 aliphatic heterocycles. The summed E-state index contributed by atoms with van der Waals surface area (Å²) in [4.78, 5) is 3.97. The molecule has 0 amide bonds. The zero-order chi connectivity index (χ0) is 14.5. The van der Waals surface area contributed by atoms with Gasteiger partial charge in [0.05, 0.1) is 0 Å². The number of nitrogens with two attached hydrogens (primary N) is 1. The lowest BCUT2D eigenvalue weighted by molar-refractivity contribution is 0.262. The number of aliphatic hydroxyl groups is 1. The van der Waals surface area contributed by atoms with Crippen LogP contribution in [0.1, 0.15) is 31.2 Å². The quantitative estimate of drug-likeness (QED) is 0.647. The van der Waals surface area contributed by atoms with Gasteiger partial charge in [-0.1, -0.05) is 18.3 Å². The molecule has 1 fully saturated rings. The van der Waals surface area contributed by atoms with Crippen molar-refractivity contribution in [3.63, 3.8) is 0 Å². The third-order valence-corrected chi connectivity index (χ3v) is 4.85. The van der Waals surface area contributed by atoms with Gasteiger partial charge in [-0.15, -0.1) is 11.8 Å². The van der Waals surface area contributed by atoms with Crippen LogP contribution in [0.2, 0.25) is 0 Å². The van der Waals surface area contributed by atoms with E-state index in [1.807, 2.05) is 6.26 Å². The minimum Gasteiger partial charge on any atom is -0.396 e. The predicted molar refractivity (Wildman–Crippen MR) is 90.8 cm³/mol. The molecule has 110 valence electrons. The van der Waals surface area contributed by atoms with Gasteiger partial charge in [-0.2, -0.15) is 0 Å². The fourth-order valence-corrected chi connectivity index (χ4v) is 3.86. The Bertz CT molecular complexity index is 477. The minimum absolute atomic E-state index is 0.228. The summed E-state index contributed by atoms with van der Waals surface area (Å²) >= 11 is 6.94. The van der Waals surface area contributed by atoms with Crippen LogP contribution in [0.5, 0.6) is 0 Å². The number of thioether (sulfide) groups is 1. The fraction of sp³-hybridized carbons (Fsp3) is 0.533. The highest BCUT2D eigenvalue weighted by molar-refractivity contribution is 7.98. The fourth-order valence-electron chi connectivity index (χ4n) is 2.94. The Labute approximate surface area is 130 Å². The van der Waals surface area contributed by atoms with Gasteiger partial charge < -0.3 is 15.7 Å². The van der Waals surface area contributed by atoms with Crippen molar-refractivity contribution in [1.29, 1.82) is 0 Å². The van der Waals surface area contributed by atoms with Gasteiger partial charge in [0.25, 0.3) is 0 Å². The molecule has 0 bridgehead atoms. The molecule has 3 nitrogen and oxygen atoms in total. The third kappa shape index (κ3) is 3.27. The average molecular weight is 310 g/mol. The van der Waals surface area contributed by atoms with E-state index in [1.54, 1.807) is 11.8 Å². The summed E-state index contributed by atoms with van der Waals surface area (Å²) in [6.45, 7) is 1.24. The van der Waals surface area contributed by atoms with E-state index in [9.17, 15) is 5.11 Å². The van der Waals surface area contributed by atoms with Crippen molar-refractivity contribution in [3.8, 4) is 0 Å². The molecular formula is C15H22N2OS2. The van der Waals surface area contributed by atoms with Crippen LogP contribution in [-0.4, -0.2) is 35.5 Å². The molecule has 2 rings (SSSR count). The molecule has 0 saturated carbocycles. The van der Waals surface area contributed by atoms with Crippen LogP contribution in [0.4, 0.5) is 5.69 Å². The lowest BCUT2D eigenvalue weighted by atomic mass is 9.97. The van der Waals surface area contributed by atoms with Crippen molar-refractivity contribution in [2.45, 2.75) is 36.6 Å². The van der Waals surface area contributed by atoms with Gasteiger partial charge >= 0.3 is 0 Å². The zero-order valence-electron chi connectivity index (χ0n) is 11.8. The monoisotopic (exact) mass is 310 g/mol. The molecule has 1 heterocycles. The number of benzene rings is 1. The second kappa shape index (κ2) is 7.29. The summed E-state index contributed by atoms with van der Waals surface area (Å²) < 4.78 is 0. The Morgan fingerprint density at radius 1 is 1.50 bits per heavy atom. The first-order valence-electron chi connectivity index (χ1n) is 7.03. The third-order valence-electron chi connectivity index (χ3n) is 3.87. The number of hydrogen-bond donors (Lipinski definition) is 2. The summed E-state index contributed by atoms with van der Waals surface area (Å²) in [6.07, 6.45) is 6.39. The van der Waals surface area contributed by atoms with E-state index in [0.29, 0.717) is 11.0 Å². The first-order chi connectivity index (χ1) is 9.69.